The Bertz CT molecular complexity index is 1010. The minimum Gasteiger partial charge on any atom is -0.497 e. The molecule has 0 bridgehead atoms. The molecule has 0 saturated heterocycles. The third-order valence-corrected chi connectivity index (χ3v) is 5.50. The third-order valence-electron chi connectivity index (χ3n) is 4.45. The highest BCUT2D eigenvalue weighted by Gasteiger charge is 2.14. The fourth-order valence-corrected chi connectivity index (χ4v) is 3.60. The van der Waals surface area contributed by atoms with E-state index in [2.05, 4.69) is 27.6 Å². The number of amides is 1. The fourth-order valence-electron chi connectivity index (χ4n) is 2.90. The molecule has 3 rings (SSSR count). The molecule has 1 amide bonds. The maximum atomic E-state index is 12.4. The summed E-state index contributed by atoms with van der Waals surface area (Å²) < 4.78 is 12.1. The summed E-state index contributed by atoms with van der Waals surface area (Å²) in [5, 5.41) is 12.2. The summed E-state index contributed by atoms with van der Waals surface area (Å²) in [5.41, 5.74) is 1.29. The average Bonchev–Trinajstić information content (AvgIpc) is 3.20. The van der Waals surface area contributed by atoms with Gasteiger partial charge in [-0.1, -0.05) is 24.8 Å². The smallest absolute Gasteiger partial charge is 0.251 e. The number of benzene rings is 1. The van der Waals surface area contributed by atoms with Crippen LogP contribution in [0, 0.1) is 0 Å². The normalized spacial score (nSPS) is 10.9. The van der Waals surface area contributed by atoms with Crippen molar-refractivity contribution in [2.75, 3.05) is 45.0 Å². The SMILES string of the molecule is CCCSc1nc(NCCOC)c2cnn(CCNC(=O)c3cccc(OC)c3)c2n1. The molecule has 0 spiro atoms. The van der Waals surface area contributed by atoms with Crippen LogP contribution < -0.4 is 15.4 Å². The maximum Gasteiger partial charge on any atom is 0.251 e. The van der Waals surface area contributed by atoms with E-state index in [-0.39, 0.29) is 5.91 Å². The Morgan fingerprint density at radius 1 is 1.23 bits per heavy atom. The van der Waals surface area contributed by atoms with E-state index in [1.165, 1.54) is 0 Å². The Labute approximate surface area is 185 Å². The molecule has 0 aliphatic rings. The highest BCUT2D eigenvalue weighted by atomic mass is 32.2. The Morgan fingerprint density at radius 2 is 2.10 bits per heavy atom. The molecule has 0 aliphatic heterocycles. The van der Waals surface area contributed by atoms with Gasteiger partial charge in [-0.25, -0.2) is 14.6 Å². The molecule has 0 saturated carbocycles. The Balaban J connectivity index is 1.72. The molecule has 2 N–H and O–H groups in total. The molecule has 0 radical (unpaired) electrons. The molecular formula is C21H28N6O3S. The second kappa shape index (κ2) is 11.5. The van der Waals surface area contributed by atoms with Gasteiger partial charge in [-0.2, -0.15) is 5.10 Å². The number of nitrogens with zero attached hydrogens (tertiary/aromatic N) is 4. The molecular weight excluding hydrogens is 416 g/mol. The van der Waals surface area contributed by atoms with Crippen molar-refractivity contribution in [2.24, 2.45) is 0 Å². The van der Waals surface area contributed by atoms with Crippen LogP contribution in [0.4, 0.5) is 5.82 Å². The van der Waals surface area contributed by atoms with Gasteiger partial charge in [-0.15, -0.1) is 0 Å². The number of anilines is 1. The van der Waals surface area contributed by atoms with Crippen molar-refractivity contribution in [2.45, 2.75) is 25.0 Å². The largest absolute Gasteiger partial charge is 0.497 e. The van der Waals surface area contributed by atoms with Gasteiger partial charge in [0.15, 0.2) is 10.8 Å². The van der Waals surface area contributed by atoms with E-state index >= 15 is 0 Å². The van der Waals surface area contributed by atoms with Gasteiger partial charge in [-0.05, 0) is 24.6 Å². The van der Waals surface area contributed by atoms with Crippen molar-refractivity contribution in [1.29, 1.82) is 0 Å². The number of methoxy groups -OCH3 is 2. The molecule has 2 heterocycles. The van der Waals surface area contributed by atoms with Crippen molar-refractivity contribution >= 4 is 34.5 Å². The number of rotatable bonds is 12. The molecule has 0 unspecified atom stereocenters. The molecule has 10 heteroatoms. The van der Waals surface area contributed by atoms with Crippen molar-refractivity contribution < 1.29 is 14.3 Å². The number of thioether (sulfide) groups is 1. The Kier molecular flexibility index (Phi) is 8.48. The summed E-state index contributed by atoms with van der Waals surface area (Å²) in [6, 6.07) is 7.06. The van der Waals surface area contributed by atoms with Gasteiger partial charge in [0.1, 0.15) is 11.6 Å². The Morgan fingerprint density at radius 3 is 2.87 bits per heavy atom. The van der Waals surface area contributed by atoms with Crippen LogP contribution in [0.3, 0.4) is 0 Å². The number of fused-ring (bicyclic) bond motifs is 1. The standard InChI is InChI=1S/C21H28N6O3S/c1-4-12-31-21-25-18(22-9-11-29-2)17-14-24-27(19(17)26-21)10-8-23-20(28)15-6-5-7-16(13-15)30-3/h5-7,13-14H,4,8-12H2,1-3H3,(H,23,28)(H,22,25,26). The van der Waals surface area contributed by atoms with Gasteiger partial charge < -0.3 is 20.1 Å². The van der Waals surface area contributed by atoms with Crippen LogP contribution in [0.1, 0.15) is 23.7 Å². The lowest BCUT2D eigenvalue weighted by atomic mass is 10.2. The number of aromatic nitrogens is 4. The number of hydrogen-bond acceptors (Lipinski definition) is 8. The first kappa shape index (κ1) is 22.8. The maximum absolute atomic E-state index is 12.4. The van der Waals surface area contributed by atoms with E-state index < -0.39 is 0 Å². The second-order valence-electron chi connectivity index (χ2n) is 6.72. The zero-order valence-electron chi connectivity index (χ0n) is 18.1. The van der Waals surface area contributed by atoms with Crippen LogP contribution in [-0.4, -0.2) is 65.3 Å². The number of hydrogen-bond donors (Lipinski definition) is 2. The van der Waals surface area contributed by atoms with Gasteiger partial charge >= 0.3 is 0 Å². The molecule has 0 atom stereocenters. The van der Waals surface area contributed by atoms with Gasteiger partial charge in [0.05, 0.1) is 31.8 Å². The molecule has 9 nitrogen and oxygen atoms in total. The highest BCUT2D eigenvalue weighted by molar-refractivity contribution is 7.99. The van der Waals surface area contributed by atoms with Crippen LogP contribution in [0.15, 0.2) is 35.6 Å². The fraction of sp³-hybridized carbons (Fsp3) is 0.429. The lowest BCUT2D eigenvalue weighted by Crippen LogP contribution is -2.27. The summed E-state index contributed by atoms with van der Waals surface area (Å²) in [5.74, 6) is 2.17. The van der Waals surface area contributed by atoms with E-state index in [4.69, 9.17) is 14.5 Å². The molecule has 31 heavy (non-hydrogen) atoms. The van der Waals surface area contributed by atoms with Crippen LogP contribution in [0.5, 0.6) is 5.75 Å². The molecule has 2 aromatic heterocycles. The van der Waals surface area contributed by atoms with Crippen molar-refractivity contribution in [3.8, 4) is 5.75 Å². The van der Waals surface area contributed by atoms with Crippen LogP contribution >= 0.6 is 11.8 Å². The molecule has 1 aromatic carbocycles. The van der Waals surface area contributed by atoms with Crippen molar-refractivity contribution in [1.82, 2.24) is 25.1 Å². The van der Waals surface area contributed by atoms with Crippen LogP contribution in [0.25, 0.3) is 11.0 Å². The van der Waals surface area contributed by atoms with Gasteiger partial charge in [0.25, 0.3) is 5.91 Å². The summed E-state index contributed by atoms with van der Waals surface area (Å²) in [6.45, 7) is 4.25. The lowest BCUT2D eigenvalue weighted by Gasteiger charge is -2.10. The third kappa shape index (κ3) is 6.08. The van der Waals surface area contributed by atoms with E-state index in [1.54, 1.807) is 61.1 Å². The minimum atomic E-state index is -0.161. The number of carbonyl (C=O) groups excluding carboxylic acids is 1. The van der Waals surface area contributed by atoms with Gasteiger partial charge in [-0.3, -0.25) is 4.79 Å². The predicted octanol–water partition coefficient (Wildman–Crippen LogP) is 2.83. The van der Waals surface area contributed by atoms with Crippen molar-refractivity contribution in [3.05, 3.63) is 36.0 Å². The highest BCUT2D eigenvalue weighted by Crippen LogP contribution is 2.24. The zero-order chi connectivity index (χ0) is 22.1. The Hall–Kier alpha value is -2.85. The molecule has 0 aliphatic carbocycles. The molecule has 3 aromatic rings. The minimum absolute atomic E-state index is 0.161. The van der Waals surface area contributed by atoms with Gasteiger partial charge in [0.2, 0.25) is 0 Å². The number of ether oxygens (including phenoxy) is 2. The molecule has 166 valence electrons. The first-order chi connectivity index (χ1) is 15.2. The lowest BCUT2D eigenvalue weighted by molar-refractivity contribution is 0.0951. The van der Waals surface area contributed by atoms with E-state index in [0.717, 1.165) is 29.0 Å². The average molecular weight is 445 g/mol. The first-order valence-corrected chi connectivity index (χ1v) is 11.2. The first-order valence-electron chi connectivity index (χ1n) is 10.2. The summed E-state index contributed by atoms with van der Waals surface area (Å²) in [4.78, 5) is 21.8. The molecule has 0 fully saturated rings. The summed E-state index contributed by atoms with van der Waals surface area (Å²) in [6.07, 6.45) is 2.79. The number of carbonyl (C=O) groups is 1. The van der Waals surface area contributed by atoms with Crippen molar-refractivity contribution in [3.63, 3.8) is 0 Å². The predicted molar refractivity (Wildman–Crippen MR) is 122 cm³/mol. The summed E-state index contributed by atoms with van der Waals surface area (Å²) in [7, 11) is 3.24. The van der Waals surface area contributed by atoms with Gasteiger partial charge in [0, 0.05) is 31.5 Å². The topological polar surface area (TPSA) is 103 Å². The van der Waals surface area contributed by atoms with Crippen LogP contribution in [-0.2, 0) is 11.3 Å². The zero-order valence-corrected chi connectivity index (χ0v) is 18.9. The van der Waals surface area contributed by atoms with E-state index in [0.29, 0.717) is 42.7 Å². The monoisotopic (exact) mass is 444 g/mol. The summed E-state index contributed by atoms with van der Waals surface area (Å²) >= 11 is 1.61. The van der Waals surface area contributed by atoms with Crippen LogP contribution in [0.2, 0.25) is 0 Å². The van der Waals surface area contributed by atoms with E-state index in [1.807, 2.05) is 0 Å². The quantitative estimate of drug-likeness (QED) is 0.250. The number of nitrogens with one attached hydrogen (secondary N) is 2. The van der Waals surface area contributed by atoms with E-state index in [9.17, 15) is 4.79 Å². The second-order valence-corrected chi connectivity index (χ2v) is 7.78.